The van der Waals surface area contributed by atoms with Gasteiger partial charge in [-0.15, -0.1) is 0 Å². The summed E-state index contributed by atoms with van der Waals surface area (Å²) in [6, 6.07) is 2.22. The minimum atomic E-state index is -0.993. The molecule has 172 valence electrons. The molecule has 3 rings (SSSR count). The SMILES string of the molecule is COC(=O)[C@H]1CN(C(=O)OC(C)(C)C)CCN1c1c([N+](=O)[O-])cnc2cc(Br)c(Cl)cc12. The second-order valence-electron chi connectivity index (χ2n) is 8.19. The van der Waals surface area contributed by atoms with Crippen LogP contribution in [0.2, 0.25) is 5.02 Å². The summed E-state index contributed by atoms with van der Waals surface area (Å²) >= 11 is 9.59. The highest BCUT2D eigenvalue weighted by atomic mass is 79.9. The zero-order valence-corrected chi connectivity index (χ0v) is 20.3. The van der Waals surface area contributed by atoms with Gasteiger partial charge in [-0.1, -0.05) is 11.6 Å². The fraction of sp³-hybridized carbons (Fsp3) is 0.450. The van der Waals surface area contributed by atoms with Crippen LogP contribution in [0, 0.1) is 10.1 Å². The number of fused-ring (bicyclic) bond motifs is 1. The van der Waals surface area contributed by atoms with Crippen LogP contribution in [0.4, 0.5) is 16.2 Å². The van der Waals surface area contributed by atoms with Crippen LogP contribution in [0.1, 0.15) is 20.8 Å². The first-order chi connectivity index (χ1) is 14.9. The van der Waals surface area contributed by atoms with E-state index >= 15 is 0 Å². The zero-order valence-electron chi connectivity index (χ0n) is 17.9. The van der Waals surface area contributed by atoms with Crippen molar-refractivity contribution in [1.82, 2.24) is 9.88 Å². The number of piperazine rings is 1. The summed E-state index contributed by atoms with van der Waals surface area (Å²) in [6.07, 6.45) is 0.569. The van der Waals surface area contributed by atoms with Crippen LogP contribution in [-0.2, 0) is 14.3 Å². The lowest BCUT2D eigenvalue weighted by Gasteiger charge is -2.41. The molecule has 1 aromatic carbocycles. The Morgan fingerprint density at radius 2 is 2.00 bits per heavy atom. The summed E-state index contributed by atoms with van der Waals surface area (Å²) in [7, 11) is 1.22. The molecule has 0 aliphatic carbocycles. The fourth-order valence-corrected chi connectivity index (χ4v) is 3.97. The number of halogens is 2. The van der Waals surface area contributed by atoms with E-state index in [-0.39, 0.29) is 31.0 Å². The lowest BCUT2D eigenvalue weighted by molar-refractivity contribution is -0.384. The van der Waals surface area contributed by atoms with E-state index in [2.05, 4.69) is 20.9 Å². The van der Waals surface area contributed by atoms with Gasteiger partial charge in [-0.25, -0.2) is 14.6 Å². The van der Waals surface area contributed by atoms with E-state index in [0.29, 0.717) is 20.4 Å². The maximum Gasteiger partial charge on any atom is 0.410 e. The van der Waals surface area contributed by atoms with Crippen molar-refractivity contribution in [2.24, 2.45) is 0 Å². The Hall–Kier alpha value is -2.66. The van der Waals surface area contributed by atoms with Crippen molar-refractivity contribution >= 4 is 61.9 Å². The van der Waals surface area contributed by atoms with Crippen LogP contribution in [0.15, 0.2) is 22.8 Å². The van der Waals surface area contributed by atoms with Crippen LogP contribution < -0.4 is 4.90 Å². The van der Waals surface area contributed by atoms with Crippen LogP contribution in [-0.4, -0.2) is 65.3 Å². The monoisotopic (exact) mass is 528 g/mol. The largest absolute Gasteiger partial charge is 0.467 e. The van der Waals surface area contributed by atoms with E-state index in [1.807, 2.05) is 0 Å². The number of carbonyl (C=O) groups excluding carboxylic acids is 2. The molecule has 1 amide bonds. The molecule has 1 fully saturated rings. The van der Waals surface area contributed by atoms with Crippen LogP contribution in [0.3, 0.4) is 0 Å². The molecule has 1 atom stereocenters. The molecular weight excluding hydrogens is 508 g/mol. The second kappa shape index (κ2) is 9.07. The molecule has 1 saturated heterocycles. The molecule has 2 heterocycles. The zero-order chi connectivity index (χ0) is 23.8. The summed E-state index contributed by atoms with van der Waals surface area (Å²) in [5.41, 5.74) is -0.344. The molecule has 0 spiro atoms. The molecular formula is C20H22BrClN4O6. The number of nitrogens with zero attached hydrogens (tertiary/aromatic N) is 4. The van der Waals surface area contributed by atoms with E-state index in [1.165, 1.54) is 12.0 Å². The van der Waals surface area contributed by atoms with Crippen molar-refractivity contribution in [3.8, 4) is 0 Å². The predicted molar refractivity (Wildman–Crippen MR) is 122 cm³/mol. The van der Waals surface area contributed by atoms with Gasteiger partial charge in [0.05, 0.1) is 29.1 Å². The number of nitro groups is 1. The number of amides is 1. The normalized spacial score (nSPS) is 16.8. The van der Waals surface area contributed by atoms with E-state index in [1.54, 1.807) is 37.8 Å². The predicted octanol–water partition coefficient (Wildman–Crippen LogP) is 4.16. The molecule has 1 aliphatic heterocycles. The van der Waals surface area contributed by atoms with Crippen LogP contribution >= 0.6 is 27.5 Å². The highest BCUT2D eigenvalue weighted by Crippen LogP contribution is 2.40. The maximum atomic E-state index is 12.7. The Morgan fingerprint density at radius 1 is 1.31 bits per heavy atom. The first kappa shape index (κ1) is 24.0. The number of aromatic nitrogens is 1. The number of ether oxygens (including phenoxy) is 2. The lowest BCUT2D eigenvalue weighted by Crippen LogP contribution is -2.59. The summed E-state index contributed by atoms with van der Waals surface area (Å²) in [4.78, 5) is 43.7. The third-order valence-corrected chi connectivity index (χ3v) is 6.05. The molecule has 0 unspecified atom stereocenters. The van der Waals surface area contributed by atoms with Gasteiger partial charge in [0, 0.05) is 22.9 Å². The van der Waals surface area contributed by atoms with Gasteiger partial charge in [0.25, 0.3) is 0 Å². The summed E-state index contributed by atoms with van der Waals surface area (Å²) in [6.45, 7) is 5.49. The average Bonchev–Trinajstić information content (AvgIpc) is 2.71. The van der Waals surface area contributed by atoms with E-state index < -0.39 is 28.6 Å². The van der Waals surface area contributed by atoms with Gasteiger partial charge < -0.3 is 19.3 Å². The minimum absolute atomic E-state index is 0.0627. The Balaban J connectivity index is 2.10. The number of rotatable bonds is 3. The Morgan fingerprint density at radius 3 is 2.59 bits per heavy atom. The number of carbonyl (C=O) groups is 2. The van der Waals surface area contributed by atoms with Crippen molar-refractivity contribution in [2.75, 3.05) is 31.6 Å². The summed E-state index contributed by atoms with van der Waals surface area (Å²) in [5, 5.41) is 12.6. The van der Waals surface area contributed by atoms with Crippen LogP contribution in [0.25, 0.3) is 10.9 Å². The average molecular weight is 530 g/mol. The van der Waals surface area contributed by atoms with Gasteiger partial charge in [0.2, 0.25) is 0 Å². The topological polar surface area (TPSA) is 115 Å². The molecule has 32 heavy (non-hydrogen) atoms. The maximum absolute atomic E-state index is 12.7. The van der Waals surface area contributed by atoms with Gasteiger partial charge in [0.15, 0.2) is 0 Å². The Kier molecular flexibility index (Phi) is 6.80. The van der Waals surface area contributed by atoms with Crippen molar-refractivity contribution in [3.63, 3.8) is 0 Å². The molecule has 0 radical (unpaired) electrons. The molecule has 1 aromatic heterocycles. The lowest BCUT2D eigenvalue weighted by atomic mass is 10.1. The number of pyridine rings is 1. The Labute approximate surface area is 197 Å². The molecule has 12 heteroatoms. The number of anilines is 1. The highest BCUT2D eigenvalue weighted by molar-refractivity contribution is 9.10. The smallest absolute Gasteiger partial charge is 0.410 e. The van der Waals surface area contributed by atoms with Gasteiger partial charge in [-0.3, -0.25) is 10.1 Å². The quantitative estimate of drug-likeness (QED) is 0.331. The number of esters is 1. The molecule has 2 aromatic rings. The highest BCUT2D eigenvalue weighted by Gasteiger charge is 2.40. The van der Waals surface area contributed by atoms with Gasteiger partial charge in [-0.2, -0.15) is 0 Å². The standard InChI is InChI=1S/C20H22BrClN4O6/c1-20(2,3)32-19(28)24-5-6-25(16(10-24)18(27)31-4)17-11-7-13(22)12(21)8-14(11)23-9-15(17)26(29)30/h7-9,16H,5-6,10H2,1-4H3/t16-/m1/s1. The van der Waals surface area contributed by atoms with E-state index in [4.69, 9.17) is 21.1 Å². The first-order valence-corrected chi connectivity index (χ1v) is 10.8. The molecule has 0 N–H and O–H groups in total. The van der Waals surface area contributed by atoms with E-state index in [9.17, 15) is 19.7 Å². The van der Waals surface area contributed by atoms with Crippen LogP contribution in [0.5, 0.6) is 0 Å². The molecule has 0 bridgehead atoms. The molecule has 1 aliphatic rings. The molecule has 0 saturated carbocycles. The fourth-order valence-electron chi connectivity index (χ4n) is 3.48. The van der Waals surface area contributed by atoms with Crippen molar-refractivity contribution in [3.05, 3.63) is 37.9 Å². The number of hydrogen-bond donors (Lipinski definition) is 0. The number of hydrogen-bond acceptors (Lipinski definition) is 8. The van der Waals surface area contributed by atoms with E-state index in [0.717, 1.165) is 6.20 Å². The van der Waals surface area contributed by atoms with Gasteiger partial charge in [-0.05, 0) is 48.8 Å². The third kappa shape index (κ3) is 4.88. The van der Waals surface area contributed by atoms with Crippen molar-refractivity contribution in [1.29, 1.82) is 0 Å². The second-order valence-corrected chi connectivity index (χ2v) is 9.45. The number of methoxy groups -OCH3 is 1. The van der Waals surface area contributed by atoms with Gasteiger partial charge >= 0.3 is 17.7 Å². The number of benzene rings is 1. The molecule has 10 nitrogen and oxygen atoms in total. The third-order valence-electron chi connectivity index (χ3n) is 4.85. The van der Waals surface area contributed by atoms with Crippen molar-refractivity contribution in [2.45, 2.75) is 32.4 Å². The Bertz CT molecular complexity index is 1090. The summed E-state index contributed by atoms with van der Waals surface area (Å²) < 4.78 is 10.9. The minimum Gasteiger partial charge on any atom is -0.467 e. The first-order valence-electron chi connectivity index (χ1n) is 9.67. The van der Waals surface area contributed by atoms with Gasteiger partial charge in [0.1, 0.15) is 23.5 Å². The van der Waals surface area contributed by atoms with Crippen molar-refractivity contribution < 1.29 is 24.0 Å². The summed E-state index contributed by atoms with van der Waals surface area (Å²) in [5.74, 6) is -0.638.